The highest BCUT2D eigenvalue weighted by molar-refractivity contribution is 7.92. The molecule has 0 saturated heterocycles. The summed E-state index contributed by atoms with van der Waals surface area (Å²) in [6.07, 6.45) is 1.35. The van der Waals surface area contributed by atoms with Crippen LogP contribution in [0.3, 0.4) is 0 Å². The van der Waals surface area contributed by atoms with Crippen molar-refractivity contribution in [3.8, 4) is 5.75 Å². The van der Waals surface area contributed by atoms with Crippen molar-refractivity contribution in [3.05, 3.63) is 95.1 Å². The largest absolute Gasteiger partial charge is 0.497 e. The standard InChI is InChI=1S/C30H37N3O5S/c1-6-31-30(35)28(19-24-11-8-7-9-12-24)32(20-25-13-10-14-26(18-25)38-4)29(34)21-33(39(5,36)37)27-16-15-22(2)17-23(27)3/h7-18,28H,6,19-21H2,1-5H3,(H,31,35)/t28-/m0/s1. The van der Waals surface area contributed by atoms with Gasteiger partial charge in [-0.1, -0.05) is 60.2 Å². The van der Waals surface area contributed by atoms with Gasteiger partial charge in [-0.15, -0.1) is 0 Å². The molecule has 2 amide bonds. The zero-order valence-electron chi connectivity index (χ0n) is 23.2. The van der Waals surface area contributed by atoms with Gasteiger partial charge in [0.05, 0.1) is 19.1 Å². The zero-order chi connectivity index (χ0) is 28.6. The summed E-state index contributed by atoms with van der Waals surface area (Å²) in [6, 6.07) is 21.2. The molecule has 9 heteroatoms. The first-order chi connectivity index (χ1) is 18.5. The molecule has 0 spiro atoms. The fraction of sp³-hybridized carbons (Fsp3) is 0.333. The van der Waals surface area contributed by atoms with Gasteiger partial charge in [-0.05, 0) is 55.7 Å². The van der Waals surface area contributed by atoms with Crippen LogP contribution < -0.4 is 14.4 Å². The van der Waals surface area contributed by atoms with E-state index >= 15 is 0 Å². The first kappa shape index (κ1) is 29.7. The van der Waals surface area contributed by atoms with Gasteiger partial charge in [0.2, 0.25) is 21.8 Å². The predicted octanol–water partition coefficient (Wildman–Crippen LogP) is 3.85. The van der Waals surface area contributed by atoms with Crippen LogP contribution in [0, 0.1) is 13.8 Å². The molecule has 1 atom stereocenters. The lowest BCUT2D eigenvalue weighted by Gasteiger charge is -2.33. The first-order valence-electron chi connectivity index (χ1n) is 12.8. The topological polar surface area (TPSA) is 96.0 Å². The average molecular weight is 552 g/mol. The number of sulfonamides is 1. The quantitative estimate of drug-likeness (QED) is 0.369. The third kappa shape index (κ3) is 8.07. The number of nitrogens with zero attached hydrogens (tertiary/aromatic N) is 2. The third-order valence-electron chi connectivity index (χ3n) is 6.41. The van der Waals surface area contributed by atoms with Crippen LogP contribution in [0.1, 0.15) is 29.2 Å². The molecule has 3 aromatic rings. The van der Waals surface area contributed by atoms with Crippen molar-refractivity contribution in [1.82, 2.24) is 10.2 Å². The normalized spacial score (nSPS) is 11.9. The zero-order valence-corrected chi connectivity index (χ0v) is 24.0. The van der Waals surface area contributed by atoms with Gasteiger partial charge in [0.25, 0.3) is 0 Å². The summed E-state index contributed by atoms with van der Waals surface area (Å²) in [5, 5.41) is 2.85. The lowest BCUT2D eigenvalue weighted by atomic mass is 10.0. The number of likely N-dealkylation sites (N-methyl/N-ethyl adjacent to an activating group) is 1. The number of nitrogens with one attached hydrogen (secondary N) is 1. The minimum Gasteiger partial charge on any atom is -0.497 e. The van der Waals surface area contributed by atoms with Crippen molar-refractivity contribution in [2.75, 3.05) is 30.8 Å². The molecule has 0 aliphatic rings. The van der Waals surface area contributed by atoms with Gasteiger partial charge in [-0.2, -0.15) is 0 Å². The second-order valence-corrected chi connectivity index (χ2v) is 11.4. The van der Waals surface area contributed by atoms with E-state index in [0.717, 1.165) is 32.8 Å². The summed E-state index contributed by atoms with van der Waals surface area (Å²) in [6.45, 7) is 5.59. The van der Waals surface area contributed by atoms with Crippen LogP contribution in [0.4, 0.5) is 5.69 Å². The molecule has 0 aliphatic heterocycles. The molecule has 1 N–H and O–H groups in total. The lowest BCUT2D eigenvalue weighted by molar-refractivity contribution is -0.140. The summed E-state index contributed by atoms with van der Waals surface area (Å²) < 4.78 is 32.3. The van der Waals surface area contributed by atoms with Crippen LogP contribution in [0.25, 0.3) is 0 Å². The second-order valence-electron chi connectivity index (χ2n) is 9.53. The molecule has 0 unspecified atom stereocenters. The molecular formula is C30H37N3O5S. The number of hydrogen-bond donors (Lipinski definition) is 1. The van der Waals surface area contributed by atoms with E-state index in [9.17, 15) is 18.0 Å². The number of hydrogen-bond acceptors (Lipinski definition) is 5. The smallest absolute Gasteiger partial charge is 0.244 e. The van der Waals surface area contributed by atoms with E-state index in [1.54, 1.807) is 25.3 Å². The summed E-state index contributed by atoms with van der Waals surface area (Å²) >= 11 is 0. The van der Waals surface area contributed by atoms with Crippen LogP contribution in [0.5, 0.6) is 5.75 Å². The number of benzene rings is 3. The lowest BCUT2D eigenvalue weighted by Crippen LogP contribution is -2.53. The molecule has 0 bridgehead atoms. The van der Waals surface area contributed by atoms with Crippen LogP contribution in [0.15, 0.2) is 72.8 Å². The number of aryl methyl sites for hydroxylation is 2. The minimum absolute atomic E-state index is 0.0924. The van der Waals surface area contributed by atoms with E-state index in [1.165, 1.54) is 4.90 Å². The molecule has 3 rings (SSSR count). The summed E-state index contributed by atoms with van der Waals surface area (Å²) in [5.41, 5.74) is 3.77. The fourth-order valence-corrected chi connectivity index (χ4v) is 5.40. The van der Waals surface area contributed by atoms with E-state index < -0.39 is 28.5 Å². The highest BCUT2D eigenvalue weighted by Gasteiger charge is 2.33. The third-order valence-corrected chi connectivity index (χ3v) is 7.54. The van der Waals surface area contributed by atoms with E-state index in [-0.39, 0.29) is 18.9 Å². The SMILES string of the molecule is CCNC(=O)[C@H](Cc1ccccc1)N(Cc1cccc(OC)c1)C(=O)CN(c1ccc(C)cc1C)S(C)(=O)=O. The van der Waals surface area contributed by atoms with Crippen LogP contribution in [-0.2, 0) is 32.6 Å². The summed E-state index contributed by atoms with van der Waals surface area (Å²) in [7, 11) is -2.26. The number of methoxy groups -OCH3 is 1. The fourth-order valence-electron chi connectivity index (χ4n) is 4.49. The Labute approximate surface area is 231 Å². The van der Waals surface area contributed by atoms with Gasteiger partial charge in [-0.3, -0.25) is 13.9 Å². The van der Waals surface area contributed by atoms with E-state index in [2.05, 4.69) is 5.32 Å². The van der Waals surface area contributed by atoms with Crippen molar-refractivity contribution >= 4 is 27.5 Å². The Kier molecular flexibility index (Phi) is 10.1. The number of ether oxygens (including phenoxy) is 1. The summed E-state index contributed by atoms with van der Waals surface area (Å²) in [4.78, 5) is 28.9. The minimum atomic E-state index is -3.82. The van der Waals surface area contributed by atoms with Gasteiger partial charge in [-0.25, -0.2) is 8.42 Å². The van der Waals surface area contributed by atoms with Crippen LogP contribution >= 0.6 is 0 Å². The number of anilines is 1. The Morgan fingerprint density at radius 2 is 1.64 bits per heavy atom. The van der Waals surface area contributed by atoms with E-state index in [1.807, 2.05) is 75.4 Å². The molecular weight excluding hydrogens is 514 g/mol. The molecule has 0 fully saturated rings. The number of rotatable bonds is 12. The maximum absolute atomic E-state index is 14.1. The van der Waals surface area contributed by atoms with Crippen molar-refractivity contribution in [2.24, 2.45) is 0 Å². The van der Waals surface area contributed by atoms with E-state index in [4.69, 9.17) is 4.74 Å². The van der Waals surface area contributed by atoms with E-state index in [0.29, 0.717) is 18.0 Å². The van der Waals surface area contributed by atoms with Gasteiger partial charge >= 0.3 is 0 Å². The highest BCUT2D eigenvalue weighted by Crippen LogP contribution is 2.25. The molecule has 8 nitrogen and oxygen atoms in total. The average Bonchev–Trinajstić information content (AvgIpc) is 2.90. The highest BCUT2D eigenvalue weighted by atomic mass is 32.2. The molecule has 3 aromatic carbocycles. The summed E-state index contributed by atoms with van der Waals surface area (Å²) in [5.74, 6) is -0.184. The van der Waals surface area contributed by atoms with Gasteiger partial charge in [0.1, 0.15) is 18.3 Å². The maximum atomic E-state index is 14.1. The Hall–Kier alpha value is -3.85. The van der Waals surface area contributed by atoms with Crippen molar-refractivity contribution in [3.63, 3.8) is 0 Å². The van der Waals surface area contributed by atoms with Crippen LogP contribution in [0.2, 0.25) is 0 Å². The molecule has 0 heterocycles. The monoisotopic (exact) mass is 551 g/mol. The molecule has 0 saturated carbocycles. The maximum Gasteiger partial charge on any atom is 0.244 e. The molecule has 0 aliphatic carbocycles. The van der Waals surface area contributed by atoms with Crippen molar-refractivity contribution in [1.29, 1.82) is 0 Å². The number of amides is 2. The molecule has 39 heavy (non-hydrogen) atoms. The Balaban J connectivity index is 2.07. The number of carbonyl (C=O) groups is 2. The van der Waals surface area contributed by atoms with Crippen molar-refractivity contribution in [2.45, 2.75) is 39.8 Å². The predicted molar refractivity (Wildman–Crippen MR) is 154 cm³/mol. The Bertz CT molecular complexity index is 1390. The number of carbonyl (C=O) groups excluding carboxylic acids is 2. The molecule has 0 aromatic heterocycles. The first-order valence-corrected chi connectivity index (χ1v) is 14.7. The second kappa shape index (κ2) is 13.3. The van der Waals surface area contributed by atoms with Crippen LogP contribution in [-0.4, -0.2) is 57.6 Å². The molecule has 208 valence electrons. The van der Waals surface area contributed by atoms with Crippen molar-refractivity contribution < 1.29 is 22.7 Å². The Morgan fingerprint density at radius 3 is 2.26 bits per heavy atom. The van der Waals surface area contributed by atoms with Gasteiger partial charge < -0.3 is 15.0 Å². The molecule has 0 radical (unpaired) electrons. The van der Waals surface area contributed by atoms with Gasteiger partial charge in [0, 0.05) is 19.5 Å². The Morgan fingerprint density at radius 1 is 0.949 bits per heavy atom. The van der Waals surface area contributed by atoms with Gasteiger partial charge in [0.15, 0.2) is 0 Å².